The predicted octanol–water partition coefficient (Wildman–Crippen LogP) is -0.539. The van der Waals surface area contributed by atoms with E-state index < -0.39 is 11.6 Å². The zero-order chi connectivity index (χ0) is 11.9. The summed E-state index contributed by atoms with van der Waals surface area (Å²) in [4.78, 5) is 25.1. The van der Waals surface area contributed by atoms with Gasteiger partial charge < -0.3 is 11.1 Å². The van der Waals surface area contributed by atoms with Gasteiger partial charge in [0.15, 0.2) is 0 Å². The molecule has 1 spiro atoms. The van der Waals surface area contributed by atoms with E-state index in [1.54, 1.807) is 0 Å². The maximum absolute atomic E-state index is 11.9. The third-order valence-electron chi connectivity index (χ3n) is 3.60. The van der Waals surface area contributed by atoms with Crippen LogP contribution < -0.4 is 11.1 Å². The molecule has 5 nitrogen and oxygen atoms in total. The predicted molar refractivity (Wildman–Crippen MR) is 59.5 cm³/mol. The number of likely N-dealkylation sites (tertiary alicyclic amines) is 1. The number of nitrogens with one attached hydrogen (secondary N) is 1. The van der Waals surface area contributed by atoms with Crippen LogP contribution in [0.3, 0.4) is 0 Å². The molecule has 0 aliphatic carbocycles. The average Bonchev–Trinajstić information content (AvgIpc) is 2.74. The van der Waals surface area contributed by atoms with E-state index in [9.17, 15) is 9.59 Å². The molecule has 5 heteroatoms. The number of carbonyl (C=O) groups is 2. The molecule has 2 amide bonds. The minimum atomic E-state index is -0.567. The monoisotopic (exact) mass is 225 g/mol. The molecule has 0 aromatic carbocycles. The van der Waals surface area contributed by atoms with Crippen molar-refractivity contribution < 1.29 is 9.59 Å². The zero-order valence-electron chi connectivity index (χ0n) is 9.82. The van der Waals surface area contributed by atoms with Crippen LogP contribution in [0, 0.1) is 5.92 Å². The van der Waals surface area contributed by atoms with E-state index in [0.29, 0.717) is 6.54 Å². The van der Waals surface area contributed by atoms with Crippen molar-refractivity contribution in [3.8, 4) is 0 Å². The Balaban J connectivity index is 2.00. The maximum Gasteiger partial charge on any atom is 0.251 e. The number of imide groups is 1. The summed E-state index contributed by atoms with van der Waals surface area (Å²) in [6, 6.07) is -0.567. The third-order valence-corrected chi connectivity index (χ3v) is 3.60. The van der Waals surface area contributed by atoms with Crippen LogP contribution in [0.25, 0.3) is 0 Å². The van der Waals surface area contributed by atoms with E-state index >= 15 is 0 Å². The smallest absolute Gasteiger partial charge is 0.251 e. The Kier molecular flexibility index (Phi) is 2.75. The molecule has 3 N–H and O–H groups in total. The first kappa shape index (κ1) is 11.5. The molecule has 16 heavy (non-hydrogen) atoms. The van der Waals surface area contributed by atoms with E-state index in [1.807, 2.05) is 13.8 Å². The summed E-state index contributed by atoms with van der Waals surface area (Å²) in [6.07, 6.45) is 1.84. The molecule has 0 saturated carbocycles. The van der Waals surface area contributed by atoms with Gasteiger partial charge in [0, 0.05) is 0 Å². The molecule has 2 saturated heterocycles. The van der Waals surface area contributed by atoms with Gasteiger partial charge in [0.1, 0.15) is 5.54 Å². The van der Waals surface area contributed by atoms with Gasteiger partial charge in [-0.15, -0.1) is 0 Å². The summed E-state index contributed by atoms with van der Waals surface area (Å²) in [6.45, 7) is 5.13. The van der Waals surface area contributed by atoms with Crippen molar-refractivity contribution in [3.63, 3.8) is 0 Å². The van der Waals surface area contributed by atoms with Gasteiger partial charge >= 0.3 is 0 Å². The van der Waals surface area contributed by atoms with Gasteiger partial charge in [0.2, 0.25) is 5.91 Å². The fourth-order valence-corrected chi connectivity index (χ4v) is 2.34. The molecule has 2 aliphatic heterocycles. The number of nitrogens with zero attached hydrogens (tertiary/aromatic N) is 1. The van der Waals surface area contributed by atoms with E-state index in [2.05, 4.69) is 5.32 Å². The van der Waals surface area contributed by atoms with Crippen molar-refractivity contribution in [1.29, 1.82) is 0 Å². The lowest BCUT2D eigenvalue weighted by Gasteiger charge is -2.46. The molecular weight excluding hydrogens is 206 g/mol. The fourth-order valence-electron chi connectivity index (χ4n) is 2.34. The number of carbonyl (C=O) groups excluding carboxylic acids is 2. The number of hydrogen-bond donors (Lipinski definition) is 2. The Hall–Kier alpha value is -0.940. The minimum Gasteiger partial charge on any atom is -0.320 e. The molecular formula is C11H19N3O2. The van der Waals surface area contributed by atoms with Gasteiger partial charge in [0.05, 0.1) is 12.6 Å². The Morgan fingerprint density at radius 3 is 2.69 bits per heavy atom. The topological polar surface area (TPSA) is 75.4 Å². The standard InChI is InChI=1S/C11H19N3O2/c1-7(2)8(12)9(15)14-6-11(10(14)16)4-3-5-13-11/h7-8,13H,3-6,12H2,1-2H3. The number of hydrogen-bond acceptors (Lipinski definition) is 4. The summed E-state index contributed by atoms with van der Waals surface area (Å²) < 4.78 is 0. The second kappa shape index (κ2) is 3.82. The first-order valence-electron chi connectivity index (χ1n) is 5.84. The molecule has 0 bridgehead atoms. The zero-order valence-corrected chi connectivity index (χ0v) is 9.82. The van der Waals surface area contributed by atoms with Gasteiger partial charge in [-0.25, -0.2) is 0 Å². The molecule has 0 aromatic heterocycles. The van der Waals surface area contributed by atoms with Gasteiger partial charge in [-0.3, -0.25) is 14.5 Å². The van der Waals surface area contributed by atoms with E-state index in [-0.39, 0.29) is 17.7 Å². The lowest BCUT2D eigenvalue weighted by atomic mass is 9.86. The highest BCUT2D eigenvalue weighted by atomic mass is 16.2. The fraction of sp³-hybridized carbons (Fsp3) is 0.818. The molecule has 2 heterocycles. The Morgan fingerprint density at radius 1 is 1.56 bits per heavy atom. The molecule has 2 fully saturated rings. The first-order valence-corrected chi connectivity index (χ1v) is 5.84. The van der Waals surface area contributed by atoms with Crippen molar-refractivity contribution in [2.75, 3.05) is 13.1 Å². The van der Waals surface area contributed by atoms with Crippen LogP contribution in [0.4, 0.5) is 0 Å². The third kappa shape index (κ3) is 1.55. The summed E-state index contributed by atoms with van der Waals surface area (Å²) >= 11 is 0. The number of rotatable bonds is 2. The van der Waals surface area contributed by atoms with Gasteiger partial charge in [-0.05, 0) is 25.3 Å². The van der Waals surface area contributed by atoms with Crippen molar-refractivity contribution in [2.45, 2.75) is 38.3 Å². The summed E-state index contributed by atoms with van der Waals surface area (Å²) in [5, 5.41) is 3.19. The highest BCUT2D eigenvalue weighted by molar-refractivity contribution is 6.07. The SMILES string of the molecule is CC(C)C(N)C(=O)N1CC2(CCCN2)C1=O. The normalized spacial score (nSPS) is 31.0. The van der Waals surface area contributed by atoms with Crippen LogP contribution in [0.5, 0.6) is 0 Å². The van der Waals surface area contributed by atoms with Crippen LogP contribution in [0.15, 0.2) is 0 Å². The largest absolute Gasteiger partial charge is 0.320 e. The summed E-state index contributed by atoms with van der Waals surface area (Å²) in [7, 11) is 0. The Labute approximate surface area is 95.3 Å². The Bertz CT molecular complexity index is 313. The van der Waals surface area contributed by atoms with Gasteiger partial charge in [-0.2, -0.15) is 0 Å². The Morgan fingerprint density at radius 2 is 2.25 bits per heavy atom. The quantitative estimate of drug-likeness (QED) is 0.619. The molecule has 2 unspecified atom stereocenters. The number of nitrogens with two attached hydrogens (primary N) is 1. The summed E-state index contributed by atoms with van der Waals surface area (Å²) in [5.74, 6) is -0.265. The molecule has 90 valence electrons. The van der Waals surface area contributed by atoms with Crippen LogP contribution in [0.2, 0.25) is 0 Å². The van der Waals surface area contributed by atoms with E-state index in [0.717, 1.165) is 19.4 Å². The number of amides is 2. The average molecular weight is 225 g/mol. The lowest BCUT2D eigenvalue weighted by molar-refractivity contribution is -0.163. The van der Waals surface area contributed by atoms with Crippen LogP contribution in [-0.4, -0.2) is 41.4 Å². The van der Waals surface area contributed by atoms with Crippen molar-refractivity contribution in [1.82, 2.24) is 10.2 Å². The highest BCUT2D eigenvalue weighted by Gasteiger charge is 2.56. The molecule has 2 aliphatic rings. The van der Waals surface area contributed by atoms with Crippen LogP contribution in [-0.2, 0) is 9.59 Å². The minimum absolute atomic E-state index is 0.0633. The first-order chi connectivity index (χ1) is 7.48. The lowest BCUT2D eigenvalue weighted by Crippen LogP contribution is -2.74. The van der Waals surface area contributed by atoms with E-state index in [1.165, 1.54) is 4.90 Å². The van der Waals surface area contributed by atoms with Crippen molar-refractivity contribution in [2.24, 2.45) is 11.7 Å². The number of β-lactam (4-membered cyclic amide) rings is 1. The van der Waals surface area contributed by atoms with Crippen molar-refractivity contribution >= 4 is 11.8 Å². The van der Waals surface area contributed by atoms with Crippen LogP contribution in [0.1, 0.15) is 26.7 Å². The molecule has 0 aromatic rings. The maximum atomic E-state index is 11.9. The molecule has 0 radical (unpaired) electrons. The van der Waals surface area contributed by atoms with Crippen molar-refractivity contribution in [3.05, 3.63) is 0 Å². The summed E-state index contributed by atoms with van der Waals surface area (Å²) in [5.41, 5.74) is 5.32. The van der Waals surface area contributed by atoms with Gasteiger partial charge in [0.25, 0.3) is 5.91 Å². The second-order valence-corrected chi connectivity index (χ2v) is 5.11. The highest BCUT2D eigenvalue weighted by Crippen LogP contribution is 2.32. The van der Waals surface area contributed by atoms with E-state index in [4.69, 9.17) is 5.73 Å². The molecule has 2 atom stereocenters. The van der Waals surface area contributed by atoms with Crippen LogP contribution >= 0.6 is 0 Å². The second-order valence-electron chi connectivity index (χ2n) is 5.11. The van der Waals surface area contributed by atoms with Gasteiger partial charge in [-0.1, -0.05) is 13.8 Å². The molecule has 2 rings (SSSR count).